The zero-order chi connectivity index (χ0) is 12.3. The van der Waals surface area contributed by atoms with E-state index in [4.69, 9.17) is 0 Å². The van der Waals surface area contributed by atoms with Crippen molar-refractivity contribution in [3.8, 4) is 0 Å². The normalized spacial score (nSPS) is 10.1. The Bertz CT molecular complexity index is 533. The average Bonchev–Trinajstić information content (AvgIpc) is 2.34. The summed E-state index contributed by atoms with van der Waals surface area (Å²) in [5, 5.41) is 5.81. The number of anilines is 3. The lowest BCUT2D eigenvalue weighted by Crippen LogP contribution is -2.01. The van der Waals surface area contributed by atoms with Gasteiger partial charge in [-0.3, -0.25) is 0 Å². The summed E-state index contributed by atoms with van der Waals surface area (Å²) in [4.78, 5) is 8.07. The molecule has 1 aromatic heterocycles. The largest absolute Gasteiger partial charge is 0.372 e. The fourth-order valence-corrected chi connectivity index (χ4v) is 1.82. The molecule has 0 aliphatic rings. The monoisotopic (exact) mass is 296 g/mol. The second-order valence-electron chi connectivity index (χ2n) is 3.24. The van der Waals surface area contributed by atoms with Crippen LogP contribution in [-0.4, -0.2) is 17.0 Å². The molecule has 2 aromatic rings. The Labute approximate surface area is 106 Å². The molecule has 2 N–H and O–H groups in total. The average molecular weight is 297 g/mol. The predicted octanol–water partition coefficient (Wildman–Crippen LogP) is 3.16. The van der Waals surface area contributed by atoms with E-state index in [0.717, 1.165) is 0 Å². The lowest BCUT2D eigenvalue weighted by Gasteiger charge is -2.10. The van der Waals surface area contributed by atoms with Crippen LogP contribution in [0.4, 0.5) is 21.7 Å². The highest BCUT2D eigenvalue weighted by atomic mass is 79.9. The third kappa shape index (κ3) is 2.52. The second kappa shape index (κ2) is 5.09. The number of benzene rings is 1. The number of halogens is 2. The van der Waals surface area contributed by atoms with E-state index < -0.39 is 0 Å². The summed E-state index contributed by atoms with van der Waals surface area (Å²) in [6.45, 7) is 0. The zero-order valence-electron chi connectivity index (χ0n) is 9.04. The molecule has 0 saturated heterocycles. The van der Waals surface area contributed by atoms with Gasteiger partial charge in [-0.25, -0.2) is 14.4 Å². The van der Waals surface area contributed by atoms with Crippen molar-refractivity contribution in [2.75, 3.05) is 17.7 Å². The van der Waals surface area contributed by atoms with Crippen LogP contribution in [0.15, 0.2) is 35.1 Å². The summed E-state index contributed by atoms with van der Waals surface area (Å²) in [6, 6.07) is 6.41. The maximum absolute atomic E-state index is 13.5. The van der Waals surface area contributed by atoms with E-state index >= 15 is 0 Å². The molecule has 0 aliphatic carbocycles. The number of nitrogens with one attached hydrogen (secondary N) is 2. The molecule has 2 rings (SSSR count). The minimum absolute atomic E-state index is 0.330. The van der Waals surface area contributed by atoms with Crippen molar-refractivity contribution in [3.63, 3.8) is 0 Å². The molecular weight excluding hydrogens is 287 g/mol. The van der Waals surface area contributed by atoms with Gasteiger partial charge >= 0.3 is 0 Å². The molecule has 0 bridgehead atoms. The highest BCUT2D eigenvalue weighted by Crippen LogP contribution is 2.29. The van der Waals surface area contributed by atoms with Gasteiger partial charge in [0, 0.05) is 7.05 Å². The second-order valence-corrected chi connectivity index (χ2v) is 4.03. The first kappa shape index (κ1) is 11.8. The molecule has 1 heterocycles. The predicted molar refractivity (Wildman–Crippen MR) is 69.0 cm³/mol. The highest BCUT2D eigenvalue weighted by Gasteiger charge is 2.09. The molecule has 0 spiro atoms. The highest BCUT2D eigenvalue weighted by molar-refractivity contribution is 9.10. The van der Waals surface area contributed by atoms with Crippen LogP contribution in [-0.2, 0) is 0 Å². The van der Waals surface area contributed by atoms with Crippen molar-refractivity contribution in [1.82, 2.24) is 9.97 Å². The van der Waals surface area contributed by atoms with Gasteiger partial charge in [-0.15, -0.1) is 0 Å². The van der Waals surface area contributed by atoms with Gasteiger partial charge in [0.05, 0.1) is 5.69 Å². The molecule has 0 saturated carbocycles. The van der Waals surface area contributed by atoms with Gasteiger partial charge < -0.3 is 10.6 Å². The topological polar surface area (TPSA) is 49.8 Å². The van der Waals surface area contributed by atoms with E-state index in [-0.39, 0.29) is 5.82 Å². The van der Waals surface area contributed by atoms with Crippen LogP contribution in [0.25, 0.3) is 0 Å². The number of hydrogen-bond acceptors (Lipinski definition) is 4. The third-order valence-corrected chi connectivity index (χ3v) is 2.90. The number of para-hydroxylation sites is 1. The third-order valence-electron chi connectivity index (χ3n) is 2.15. The number of rotatable bonds is 3. The van der Waals surface area contributed by atoms with Gasteiger partial charge in [0.2, 0.25) is 0 Å². The van der Waals surface area contributed by atoms with Crippen molar-refractivity contribution >= 4 is 33.3 Å². The van der Waals surface area contributed by atoms with Crippen LogP contribution in [0.3, 0.4) is 0 Å². The molecule has 4 nitrogen and oxygen atoms in total. The van der Waals surface area contributed by atoms with Crippen molar-refractivity contribution < 1.29 is 4.39 Å². The summed E-state index contributed by atoms with van der Waals surface area (Å²) < 4.78 is 14.1. The molecule has 0 amide bonds. The fourth-order valence-electron chi connectivity index (χ4n) is 1.32. The summed E-state index contributed by atoms with van der Waals surface area (Å²) in [6.07, 6.45) is 1.40. The van der Waals surface area contributed by atoms with Gasteiger partial charge in [0.15, 0.2) is 0 Å². The smallest absolute Gasteiger partial charge is 0.150 e. The Morgan fingerprint density at radius 1 is 1.18 bits per heavy atom. The van der Waals surface area contributed by atoms with Gasteiger partial charge in [-0.05, 0) is 28.1 Å². The van der Waals surface area contributed by atoms with Crippen LogP contribution >= 0.6 is 15.9 Å². The Hall–Kier alpha value is -1.69. The quantitative estimate of drug-likeness (QED) is 0.913. The summed E-state index contributed by atoms with van der Waals surface area (Å²) in [5.41, 5.74) is 0.369. The fraction of sp³-hybridized carbons (Fsp3) is 0.0909. The maximum atomic E-state index is 13.5. The van der Waals surface area contributed by atoms with Crippen molar-refractivity contribution in [2.45, 2.75) is 0 Å². The van der Waals surface area contributed by atoms with Crippen LogP contribution in [0.5, 0.6) is 0 Å². The molecule has 6 heteroatoms. The van der Waals surface area contributed by atoms with Gasteiger partial charge in [0.1, 0.15) is 28.3 Å². The summed E-state index contributed by atoms with van der Waals surface area (Å²) >= 11 is 3.35. The van der Waals surface area contributed by atoms with Crippen LogP contribution < -0.4 is 10.6 Å². The minimum Gasteiger partial charge on any atom is -0.372 e. The van der Waals surface area contributed by atoms with Crippen molar-refractivity contribution in [2.24, 2.45) is 0 Å². The van der Waals surface area contributed by atoms with Crippen LogP contribution in [0.1, 0.15) is 0 Å². The lowest BCUT2D eigenvalue weighted by molar-refractivity contribution is 0.632. The van der Waals surface area contributed by atoms with Crippen molar-refractivity contribution in [1.29, 1.82) is 0 Å². The summed E-state index contributed by atoms with van der Waals surface area (Å²) in [7, 11) is 1.75. The molecule has 88 valence electrons. The SMILES string of the molecule is CNc1ncnc(Nc2ccccc2F)c1Br. The van der Waals surface area contributed by atoms with E-state index in [2.05, 4.69) is 36.5 Å². The Morgan fingerprint density at radius 3 is 2.59 bits per heavy atom. The number of nitrogens with zero attached hydrogens (tertiary/aromatic N) is 2. The molecular formula is C11H10BrFN4. The van der Waals surface area contributed by atoms with E-state index in [1.54, 1.807) is 25.2 Å². The van der Waals surface area contributed by atoms with Gasteiger partial charge in [0.25, 0.3) is 0 Å². The molecule has 0 radical (unpaired) electrons. The molecule has 17 heavy (non-hydrogen) atoms. The van der Waals surface area contributed by atoms with E-state index in [1.807, 2.05) is 0 Å². The van der Waals surface area contributed by atoms with Gasteiger partial charge in [-0.1, -0.05) is 12.1 Å². The first-order valence-corrected chi connectivity index (χ1v) is 5.71. The van der Waals surface area contributed by atoms with Gasteiger partial charge in [-0.2, -0.15) is 0 Å². The maximum Gasteiger partial charge on any atom is 0.150 e. The van der Waals surface area contributed by atoms with Crippen molar-refractivity contribution in [3.05, 3.63) is 40.9 Å². The van der Waals surface area contributed by atoms with E-state index in [1.165, 1.54) is 12.4 Å². The van der Waals surface area contributed by atoms with E-state index in [0.29, 0.717) is 21.8 Å². The lowest BCUT2D eigenvalue weighted by atomic mass is 10.3. The molecule has 0 fully saturated rings. The molecule has 0 atom stereocenters. The molecule has 0 unspecified atom stereocenters. The Kier molecular flexibility index (Phi) is 3.53. The van der Waals surface area contributed by atoms with E-state index in [9.17, 15) is 4.39 Å². The summed E-state index contributed by atoms with van der Waals surface area (Å²) in [5.74, 6) is 0.817. The standard InChI is InChI=1S/C11H10BrFN4/c1-14-10-9(12)11(16-6-15-10)17-8-5-3-2-4-7(8)13/h2-6H,1H3,(H2,14,15,16,17). The zero-order valence-corrected chi connectivity index (χ0v) is 10.6. The first-order chi connectivity index (χ1) is 8.22. The molecule has 1 aromatic carbocycles. The number of hydrogen-bond donors (Lipinski definition) is 2. The molecule has 0 aliphatic heterocycles. The minimum atomic E-state index is -0.330. The van der Waals surface area contributed by atoms with Crippen LogP contribution in [0, 0.1) is 5.82 Å². The number of aromatic nitrogens is 2. The first-order valence-electron chi connectivity index (χ1n) is 4.92. The Balaban J connectivity index is 2.34. The Morgan fingerprint density at radius 2 is 1.88 bits per heavy atom. The van der Waals surface area contributed by atoms with Crippen LogP contribution in [0.2, 0.25) is 0 Å².